The minimum absolute atomic E-state index is 0.0885. The second-order valence-corrected chi connectivity index (χ2v) is 6.44. The Labute approximate surface area is 158 Å². The predicted octanol–water partition coefficient (Wildman–Crippen LogP) is 1.66. The van der Waals surface area contributed by atoms with Gasteiger partial charge < -0.3 is 20.8 Å². The van der Waals surface area contributed by atoms with Gasteiger partial charge in [-0.05, 0) is 25.3 Å². The Balaban J connectivity index is 0.000000527. The van der Waals surface area contributed by atoms with Crippen molar-refractivity contribution in [3.63, 3.8) is 0 Å². The monoisotopic (exact) mass is 375 g/mol. The van der Waals surface area contributed by atoms with Crippen molar-refractivity contribution in [1.82, 2.24) is 10.6 Å². The van der Waals surface area contributed by atoms with Crippen LogP contribution in [0.3, 0.4) is 0 Å². The number of amides is 1. The molecule has 8 nitrogen and oxygen atoms in total. The van der Waals surface area contributed by atoms with Crippen molar-refractivity contribution in [2.24, 2.45) is 0 Å². The number of carbonyl (C=O) groups is 3. The molecule has 0 heterocycles. The van der Waals surface area contributed by atoms with Gasteiger partial charge >= 0.3 is 11.9 Å². The van der Waals surface area contributed by atoms with Crippen LogP contribution in [-0.2, 0) is 20.9 Å². The van der Waals surface area contributed by atoms with E-state index in [2.05, 4.69) is 16.7 Å². The number of hydrogen-bond acceptors (Lipinski definition) is 5. The molecule has 0 aliphatic heterocycles. The van der Waals surface area contributed by atoms with Gasteiger partial charge in [0.05, 0.1) is 12.1 Å². The van der Waals surface area contributed by atoms with Gasteiger partial charge in [0.1, 0.15) is 5.54 Å². The first-order valence-electron chi connectivity index (χ1n) is 8.76. The summed E-state index contributed by atoms with van der Waals surface area (Å²) in [4.78, 5) is 30.5. The average Bonchev–Trinajstić information content (AvgIpc) is 2.68. The van der Waals surface area contributed by atoms with Crippen LogP contribution in [-0.4, -0.2) is 39.6 Å². The molecule has 1 atom stereocenters. The Morgan fingerprint density at radius 3 is 2.15 bits per heavy atom. The van der Waals surface area contributed by atoms with Gasteiger partial charge in [-0.1, -0.05) is 49.6 Å². The molecule has 1 saturated carbocycles. The second-order valence-electron chi connectivity index (χ2n) is 6.44. The molecule has 0 aromatic heterocycles. The number of aliphatic carboxylic acids is 2. The first-order valence-corrected chi connectivity index (χ1v) is 8.76. The van der Waals surface area contributed by atoms with E-state index in [9.17, 15) is 10.1 Å². The van der Waals surface area contributed by atoms with Gasteiger partial charge in [-0.3, -0.25) is 4.79 Å². The number of benzene rings is 1. The molecule has 8 heteroatoms. The molecule has 0 spiro atoms. The fourth-order valence-electron chi connectivity index (χ4n) is 2.72. The molecule has 1 fully saturated rings. The van der Waals surface area contributed by atoms with Crippen LogP contribution < -0.4 is 10.6 Å². The lowest BCUT2D eigenvalue weighted by molar-refractivity contribution is -0.159. The molecule has 1 amide bonds. The first-order chi connectivity index (χ1) is 12.8. The molecule has 1 aliphatic carbocycles. The Morgan fingerprint density at radius 1 is 1.11 bits per heavy atom. The van der Waals surface area contributed by atoms with Crippen LogP contribution in [0.2, 0.25) is 0 Å². The molecule has 0 radical (unpaired) electrons. The first kappa shape index (κ1) is 22.1. The van der Waals surface area contributed by atoms with E-state index in [-0.39, 0.29) is 11.9 Å². The molecule has 27 heavy (non-hydrogen) atoms. The van der Waals surface area contributed by atoms with Crippen LogP contribution >= 0.6 is 0 Å². The summed E-state index contributed by atoms with van der Waals surface area (Å²) < 4.78 is 0. The van der Waals surface area contributed by atoms with Gasteiger partial charge in [0, 0.05) is 6.54 Å². The van der Waals surface area contributed by atoms with Gasteiger partial charge in [0.15, 0.2) is 0 Å². The number of carboxylic acids is 2. The second kappa shape index (κ2) is 10.9. The average molecular weight is 375 g/mol. The van der Waals surface area contributed by atoms with Gasteiger partial charge in [-0.25, -0.2) is 9.59 Å². The molecule has 1 aliphatic rings. The molecule has 0 bridgehead atoms. The normalized spacial score (nSPS) is 16.0. The number of carbonyl (C=O) groups excluding carboxylic acids is 1. The zero-order valence-electron chi connectivity index (χ0n) is 15.3. The van der Waals surface area contributed by atoms with E-state index in [1.165, 1.54) is 0 Å². The van der Waals surface area contributed by atoms with E-state index in [1.807, 2.05) is 37.3 Å². The summed E-state index contributed by atoms with van der Waals surface area (Å²) in [6.07, 6.45) is 4.71. The highest BCUT2D eigenvalue weighted by Gasteiger charge is 2.34. The molecule has 1 aromatic carbocycles. The number of carboxylic acid groups (broad SMARTS) is 2. The van der Waals surface area contributed by atoms with Gasteiger partial charge in [-0.2, -0.15) is 5.26 Å². The van der Waals surface area contributed by atoms with E-state index in [1.54, 1.807) is 0 Å². The quantitative estimate of drug-likeness (QED) is 0.574. The van der Waals surface area contributed by atoms with Gasteiger partial charge in [0.2, 0.25) is 5.91 Å². The highest BCUT2D eigenvalue weighted by atomic mass is 16.4. The van der Waals surface area contributed by atoms with Crippen LogP contribution in [0.25, 0.3) is 0 Å². The molecule has 146 valence electrons. The third-order valence-electron chi connectivity index (χ3n) is 4.32. The third kappa shape index (κ3) is 7.88. The topological polar surface area (TPSA) is 140 Å². The lowest BCUT2D eigenvalue weighted by Gasteiger charge is -2.32. The zero-order valence-corrected chi connectivity index (χ0v) is 15.3. The minimum Gasteiger partial charge on any atom is -0.473 e. The fourth-order valence-corrected chi connectivity index (χ4v) is 2.72. The molecular formula is C19H25N3O5. The minimum atomic E-state index is -1.82. The summed E-state index contributed by atoms with van der Waals surface area (Å²) in [6, 6.07) is 12.0. The van der Waals surface area contributed by atoms with Crippen molar-refractivity contribution in [1.29, 1.82) is 5.26 Å². The summed E-state index contributed by atoms with van der Waals surface area (Å²) in [5.41, 5.74) is 0.489. The van der Waals surface area contributed by atoms with Crippen molar-refractivity contribution >= 4 is 17.8 Å². The van der Waals surface area contributed by atoms with Crippen molar-refractivity contribution in [3.8, 4) is 6.07 Å². The number of hydrogen-bond donors (Lipinski definition) is 4. The van der Waals surface area contributed by atoms with Crippen LogP contribution in [0.4, 0.5) is 0 Å². The number of nitrogens with zero attached hydrogens (tertiary/aromatic N) is 1. The highest BCUT2D eigenvalue weighted by Crippen LogP contribution is 2.27. The fraction of sp³-hybridized carbons (Fsp3) is 0.474. The van der Waals surface area contributed by atoms with Crippen molar-refractivity contribution in [2.75, 3.05) is 0 Å². The lowest BCUT2D eigenvalue weighted by Crippen LogP contribution is -2.54. The van der Waals surface area contributed by atoms with Crippen LogP contribution in [0, 0.1) is 11.3 Å². The van der Waals surface area contributed by atoms with Crippen LogP contribution in [0.1, 0.15) is 44.6 Å². The SMILES string of the molecule is CC(NCc1ccccc1)C(=O)NC1(C#N)CCCCC1.O=C(O)C(=O)O. The maximum Gasteiger partial charge on any atom is 0.414 e. The van der Waals surface area contributed by atoms with Crippen LogP contribution in [0.15, 0.2) is 30.3 Å². The Morgan fingerprint density at radius 2 is 1.67 bits per heavy atom. The van der Waals surface area contributed by atoms with E-state index in [0.717, 1.165) is 37.7 Å². The van der Waals surface area contributed by atoms with Gasteiger partial charge in [-0.15, -0.1) is 0 Å². The summed E-state index contributed by atoms with van der Waals surface area (Å²) in [5.74, 6) is -3.74. The molecule has 2 rings (SSSR count). The molecule has 0 saturated heterocycles. The van der Waals surface area contributed by atoms with Crippen molar-refractivity contribution < 1.29 is 24.6 Å². The van der Waals surface area contributed by atoms with Crippen molar-refractivity contribution in [2.45, 2.75) is 57.2 Å². The van der Waals surface area contributed by atoms with E-state index >= 15 is 0 Å². The highest BCUT2D eigenvalue weighted by molar-refractivity contribution is 6.27. The number of rotatable bonds is 5. The molecule has 1 unspecified atom stereocenters. The van der Waals surface area contributed by atoms with E-state index in [0.29, 0.717) is 6.54 Å². The largest absolute Gasteiger partial charge is 0.473 e. The summed E-state index contributed by atoms with van der Waals surface area (Å²) in [6.45, 7) is 2.49. The standard InChI is InChI=1S/C17H23N3O.C2H2O4/c1-14(19-12-15-8-4-2-5-9-15)16(21)20-17(13-18)10-6-3-7-11-17;3-1(4)2(5)6/h2,4-5,8-9,14,19H,3,6-7,10-12H2,1H3,(H,20,21);(H,3,4)(H,5,6). The number of nitriles is 1. The van der Waals surface area contributed by atoms with Gasteiger partial charge in [0.25, 0.3) is 0 Å². The molecular weight excluding hydrogens is 350 g/mol. The number of nitrogens with one attached hydrogen (secondary N) is 2. The van der Waals surface area contributed by atoms with Crippen LogP contribution in [0.5, 0.6) is 0 Å². The van der Waals surface area contributed by atoms with E-state index < -0.39 is 17.5 Å². The summed E-state index contributed by atoms with van der Waals surface area (Å²) >= 11 is 0. The van der Waals surface area contributed by atoms with Crippen molar-refractivity contribution in [3.05, 3.63) is 35.9 Å². The lowest BCUT2D eigenvalue weighted by atomic mass is 9.82. The third-order valence-corrected chi connectivity index (χ3v) is 4.32. The smallest absolute Gasteiger partial charge is 0.414 e. The zero-order chi connectivity index (χ0) is 20.3. The van der Waals surface area contributed by atoms with E-state index in [4.69, 9.17) is 19.8 Å². The maximum absolute atomic E-state index is 12.3. The summed E-state index contributed by atoms with van der Waals surface area (Å²) in [5, 5.41) is 30.3. The Kier molecular flexibility index (Phi) is 8.96. The molecule has 1 aromatic rings. The predicted molar refractivity (Wildman–Crippen MR) is 97.6 cm³/mol. The Hall–Kier alpha value is -2.92. The molecule has 4 N–H and O–H groups in total. The maximum atomic E-state index is 12.3. The summed E-state index contributed by atoms with van der Waals surface area (Å²) in [7, 11) is 0. The Bertz CT molecular complexity index is 666.